The molecule has 0 saturated heterocycles. The van der Waals surface area contributed by atoms with Crippen LogP contribution in [0, 0.1) is 16.7 Å². The maximum Gasteiger partial charge on any atom is 0.240 e. The van der Waals surface area contributed by atoms with Crippen molar-refractivity contribution in [1.82, 2.24) is 20.3 Å². The number of aromatic nitrogens is 3. The molecule has 0 bridgehead atoms. The molecule has 0 aromatic carbocycles. The number of carbonyl (C=O) groups is 1. The van der Waals surface area contributed by atoms with E-state index in [0.717, 1.165) is 13.0 Å². The summed E-state index contributed by atoms with van der Waals surface area (Å²) in [5.74, 6) is -0.131. The second-order valence-corrected chi connectivity index (χ2v) is 3.97. The predicted molar refractivity (Wildman–Crippen MR) is 54.9 cm³/mol. The molecule has 0 atom stereocenters. The third kappa shape index (κ3) is 2.19. The van der Waals surface area contributed by atoms with Crippen LogP contribution in [0.1, 0.15) is 19.3 Å². The lowest BCUT2D eigenvalue weighted by molar-refractivity contribution is -0.124. The van der Waals surface area contributed by atoms with Gasteiger partial charge in [-0.2, -0.15) is 5.26 Å². The molecule has 84 valence electrons. The molecule has 0 spiro atoms. The molecule has 1 aromatic heterocycles. The number of amides is 1. The summed E-state index contributed by atoms with van der Waals surface area (Å²) in [6, 6.07) is 2.07. The average Bonchev–Trinajstić information content (AvgIpc) is 2.94. The van der Waals surface area contributed by atoms with Gasteiger partial charge >= 0.3 is 0 Å². The van der Waals surface area contributed by atoms with E-state index in [1.807, 2.05) is 0 Å². The van der Waals surface area contributed by atoms with Crippen LogP contribution in [0.3, 0.4) is 0 Å². The molecule has 1 N–H and O–H groups in total. The van der Waals surface area contributed by atoms with Crippen LogP contribution >= 0.6 is 0 Å². The molecular weight excluding hydrogens is 206 g/mol. The van der Waals surface area contributed by atoms with E-state index in [1.165, 1.54) is 0 Å². The minimum Gasteiger partial charge on any atom is -0.355 e. The summed E-state index contributed by atoms with van der Waals surface area (Å²) in [6.45, 7) is 1.29. The maximum atomic E-state index is 11.6. The van der Waals surface area contributed by atoms with Crippen molar-refractivity contribution in [2.75, 3.05) is 6.54 Å². The van der Waals surface area contributed by atoms with Crippen LogP contribution in [0.4, 0.5) is 0 Å². The topological polar surface area (TPSA) is 83.6 Å². The third-order valence-corrected chi connectivity index (χ3v) is 2.72. The van der Waals surface area contributed by atoms with Crippen molar-refractivity contribution in [1.29, 1.82) is 5.26 Å². The summed E-state index contributed by atoms with van der Waals surface area (Å²) in [4.78, 5) is 11.6. The van der Waals surface area contributed by atoms with Gasteiger partial charge in [0.15, 0.2) is 0 Å². The SMILES string of the molecule is N#CC1(C(=O)NCCCn2ccnn2)CC1. The highest BCUT2D eigenvalue weighted by molar-refractivity contribution is 5.88. The molecule has 1 saturated carbocycles. The zero-order valence-electron chi connectivity index (χ0n) is 8.89. The van der Waals surface area contributed by atoms with E-state index in [2.05, 4.69) is 21.7 Å². The number of carbonyl (C=O) groups excluding carboxylic acids is 1. The third-order valence-electron chi connectivity index (χ3n) is 2.72. The van der Waals surface area contributed by atoms with Crippen molar-refractivity contribution in [2.24, 2.45) is 5.41 Å². The summed E-state index contributed by atoms with van der Waals surface area (Å²) in [5, 5.41) is 19.1. The van der Waals surface area contributed by atoms with Crippen molar-refractivity contribution in [2.45, 2.75) is 25.8 Å². The van der Waals surface area contributed by atoms with Crippen molar-refractivity contribution >= 4 is 5.91 Å². The minimum atomic E-state index is -0.715. The van der Waals surface area contributed by atoms with Gasteiger partial charge in [-0.25, -0.2) is 0 Å². The van der Waals surface area contributed by atoms with Crippen LogP contribution in [0.15, 0.2) is 12.4 Å². The standard InChI is InChI=1S/C10H13N5O/c11-8-10(2-3-10)9(16)12-4-1-6-15-7-5-13-14-15/h5,7H,1-4,6H2,(H,12,16). The van der Waals surface area contributed by atoms with E-state index in [-0.39, 0.29) is 5.91 Å². The van der Waals surface area contributed by atoms with E-state index in [0.29, 0.717) is 19.4 Å². The molecule has 0 aliphatic heterocycles. The molecule has 6 nitrogen and oxygen atoms in total. The highest BCUT2D eigenvalue weighted by Crippen LogP contribution is 2.44. The molecule has 0 unspecified atom stereocenters. The van der Waals surface area contributed by atoms with Gasteiger partial charge in [-0.15, -0.1) is 5.10 Å². The van der Waals surface area contributed by atoms with Crippen LogP contribution in [0.25, 0.3) is 0 Å². The lowest BCUT2D eigenvalue weighted by atomic mass is 10.1. The number of nitrogens with one attached hydrogen (secondary N) is 1. The molecule has 1 amide bonds. The Morgan fingerprint density at radius 3 is 3.00 bits per heavy atom. The highest BCUT2D eigenvalue weighted by Gasteiger charge is 2.50. The predicted octanol–water partition coefficient (Wildman–Crippen LogP) is 0.0882. The van der Waals surface area contributed by atoms with Crippen LogP contribution in [0.2, 0.25) is 0 Å². The van der Waals surface area contributed by atoms with Crippen molar-refractivity contribution in [3.63, 3.8) is 0 Å². The number of hydrogen-bond acceptors (Lipinski definition) is 4. The quantitative estimate of drug-likeness (QED) is 0.711. The van der Waals surface area contributed by atoms with Gasteiger partial charge in [-0.3, -0.25) is 9.48 Å². The second kappa shape index (κ2) is 4.31. The fourth-order valence-corrected chi connectivity index (χ4v) is 1.48. The summed E-state index contributed by atoms with van der Waals surface area (Å²) >= 11 is 0. The lowest BCUT2D eigenvalue weighted by Crippen LogP contribution is -2.32. The average molecular weight is 219 g/mol. The normalized spacial score (nSPS) is 16.4. The van der Waals surface area contributed by atoms with E-state index >= 15 is 0 Å². The lowest BCUT2D eigenvalue weighted by Gasteiger charge is -2.07. The Morgan fingerprint density at radius 1 is 1.62 bits per heavy atom. The van der Waals surface area contributed by atoms with E-state index in [1.54, 1.807) is 17.1 Å². The number of nitriles is 1. The fraction of sp³-hybridized carbons (Fsp3) is 0.600. The Bertz CT molecular complexity index is 401. The van der Waals surface area contributed by atoms with Gasteiger partial charge < -0.3 is 5.32 Å². The minimum absolute atomic E-state index is 0.131. The molecule has 1 aromatic rings. The zero-order valence-corrected chi connectivity index (χ0v) is 8.89. The Hall–Kier alpha value is -1.90. The Morgan fingerprint density at radius 2 is 2.44 bits per heavy atom. The van der Waals surface area contributed by atoms with E-state index in [4.69, 9.17) is 5.26 Å². The summed E-state index contributed by atoms with van der Waals surface area (Å²) < 4.78 is 1.71. The first-order valence-corrected chi connectivity index (χ1v) is 5.30. The monoisotopic (exact) mass is 219 g/mol. The van der Waals surface area contributed by atoms with E-state index < -0.39 is 5.41 Å². The van der Waals surface area contributed by atoms with Gasteiger partial charge in [-0.05, 0) is 19.3 Å². The van der Waals surface area contributed by atoms with E-state index in [9.17, 15) is 4.79 Å². The van der Waals surface area contributed by atoms with Crippen molar-refractivity contribution < 1.29 is 4.79 Å². The van der Waals surface area contributed by atoms with Gasteiger partial charge in [-0.1, -0.05) is 5.21 Å². The first-order valence-electron chi connectivity index (χ1n) is 5.30. The molecule has 16 heavy (non-hydrogen) atoms. The molecule has 1 aliphatic carbocycles. The first-order chi connectivity index (χ1) is 7.77. The molecule has 1 aliphatic rings. The van der Waals surface area contributed by atoms with Crippen LogP contribution in [-0.2, 0) is 11.3 Å². The Labute approximate surface area is 93.2 Å². The summed E-state index contributed by atoms with van der Waals surface area (Å²) in [5.41, 5.74) is -0.715. The highest BCUT2D eigenvalue weighted by atomic mass is 16.2. The smallest absolute Gasteiger partial charge is 0.240 e. The first kappa shape index (κ1) is 10.6. The molecule has 0 radical (unpaired) electrons. The second-order valence-electron chi connectivity index (χ2n) is 3.97. The Balaban J connectivity index is 1.66. The summed E-state index contributed by atoms with van der Waals surface area (Å²) in [6.07, 6.45) is 5.57. The van der Waals surface area contributed by atoms with Gasteiger partial charge in [0, 0.05) is 19.3 Å². The van der Waals surface area contributed by atoms with Crippen LogP contribution in [0.5, 0.6) is 0 Å². The Kier molecular flexibility index (Phi) is 2.86. The van der Waals surface area contributed by atoms with Crippen molar-refractivity contribution in [3.8, 4) is 6.07 Å². The largest absolute Gasteiger partial charge is 0.355 e. The zero-order chi connectivity index (χ0) is 11.4. The number of hydrogen-bond donors (Lipinski definition) is 1. The van der Waals surface area contributed by atoms with Gasteiger partial charge in [0.1, 0.15) is 5.41 Å². The van der Waals surface area contributed by atoms with Crippen LogP contribution < -0.4 is 5.32 Å². The van der Waals surface area contributed by atoms with Gasteiger partial charge in [0.2, 0.25) is 5.91 Å². The molecule has 1 heterocycles. The number of nitrogens with zero attached hydrogens (tertiary/aromatic N) is 4. The maximum absolute atomic E-state index is 11.6. The number of rotatable bonds is 5. The molecule has 6 heteroatoms. The molecule has 2 rings (SSSR count). The van der Waals surface area contributed by atoms with Crippen LogP contribution in [-0.4, -0.2) is 27.4 Å². The molecular formula is C10H13N5O. The van der Waals surface area contributed by atoms with Gasteiger partial charge in [0.25, 0.3) is 0 Å². The number of aryl methyl sites for hydroxylation is 1. The fourth-order valence-electron chi connectivity index (χ4n) is 1.48. The van der Waals surface area contributed by atoms with Crippen molar-refractivity contribution in [3.05, 3.63) is 12.4 Å². The molecule has 1 fully saturated rings. The van der Waals surface area contributed by atoms with Gasteiger partial charge in [0.05, 0.1) is 12.3 Å². The summed E-state index contributed by atoms with van der Waals surface area (Å²) in [7, 11) is 0.